The number of carboxylic acids is 1. The van der Waals surface area contributed by atoms with Crippen LogP contribution in [0, 0.1) is 0 Å². The molecule has 0 radical (unpaired) electrons. The summed E-state index contributed by atoms with van der Waals surface area (Å²) in [7, 11) is 0. The van der Waals surface area contributed by atoms with Gasteiger partial charge in [0.15, 0.2) is 0 Å². The number of nitrogens with zero attached hydrogens (tertiary/aromatic N) is 1. The molecule has 0 atom stereocenters. The summed E-state index contributed by atoms with van der Waals surface area (Å²) < 4.78 is 0.817. The molecule has 0 saturated heterocycles. The van der Waals surface area contributed by atoms with E-state index in [4.69, 9.17) is 10.2 Å². The maximum atomic E-state index is 12.1. The van der Waals surface area contributed by atoms with Gasteiger partial charge in [-0.1, -0.05) is 0 Å². The number of hydrogen-bond acceptors (Lipinski definition) is 6. The van der Waals surface area contributed by atoms with Gasteiger partial charge in [0.05, 0.1) is 13.2 Å². The number of amides is 2. The largest absolute Gasteiger partial charge is 0.477 e. The van der Waals surface area contributed by atoms with Crippen LogP contribution in [0.15, 0.2) is 36.0 Å². The lowest BCUT2D eigenvalue weighted by atomic mass is 10.2. The fourth-order valence-electron chi connectivity index (χ4n) is 2.29. The molecule has 2 aromatic rings. The van der Waals surface area contributed by atoms with Crippen LogP contribution in [0.2, 0.25) is 0 Å². The minimum atomic E-state index is -0.986. The normalized spacial score (nSPS) is 14.5. The van der Waals surface area contributed by atoms with Gasteiger partial charge < -0.3 is 15.5 Å². The highest BCUT2D eigenvalue weighted by molar-refractivity contribution is 7.20. The molecule has 0 unspecified atom stereocenters. The number of benzene rings is 1. The molecule has 1 aromatic carbocycles. The van der Waals surface area contributed by atoms with Gasteiger partial charge in [-0.05, 0) is 29.7 Å². The highest BCUT2D eigenvalue weighted by Gasteiger charge is 2.30. The maximum Gasteiger partial charge on any atom is 0.345 e. The van der Waals surface area contributed by atoms with Gasteiger partial charge in [0.2, 0.25) is 0 Å². The van der Waals surface area contributed by atoms with Crippen molar-refractivity contribution in [2.75, 3.05) is 18.5 Å². The predicted octanol–water partition coefficient (Wildman–Crippen LogP) is 1.26. The van der Waals surface area contributed by atoms with Gasteiger partial charge >= 0.3 is 5.97 Å². The van der Waals surface area contributed by atoms with Crippen molar-refractivity contribution in [3.05, 3.63) is 40.9 Å². The van der Waals surface area contributed by atoms with E-state index in [0.717, 1.165) is 15.0 Å². The number of carbonyl (C=O) groups excluding carboxylic acids is 2. The van der Waals surface area contributed by atoms with Crippen LogP contribution >= 0.6 is 11.3 Å². The Morgan fingerprint density at radius 3 is 2.74 bits per heavy atom. The molecule has 1 aliphatic rings. The van der Waals surface area contributed by atoms with Crippen molar-refractivity contribution in [3.8, 4) is 0 Å². The Morgan fingerprint density at radius 2 is 2.04 bits per heavy atom. The predicted molar refractivity (Wildman–Crippen MR) is 84.3 cm³/mol. The minimum absolute atomic E-state index is 0.0507. The third-order valence-corrected chi connectivity index (χ3v) is 4.44. The monoisotopic (exact) mass is 332 g/mol. The Bertz CT molecular complexity index is 855. The van der Waals surface area contributed by atoms with E-state index in [-0.39, 0.29) is 23.7 Å². The number of thiophene rings is 1. The number of fused-ring (bicyclic) bond motifs is 1. The number of β-amino-alcohol motifs (C(OH)–C–C–N with tert-alkyl or cyclic N) is 1. The molecule has 7 nitrogen and oxygen atoms in total. The lowest BCUT2D eigenvalue weighted by Gasteiger charge is -2.13. The van der Waals surface area contributed by atoms with Gasteiger partial charge in [0.1, 0.15) is 10.6 Å². The van der Waals surface area contributed by atoms with Crippen LogP contribution in [-0.2, 0) is 9.59 Å². The SMILES string of the molecule is O=C(O)c1cc2cc(NC3=CC(=O)N(CCO)C3=O)ccc2s1. The van der Waals surface area contributed by atoms with Crippen molar-refractivity contribution in [3.63, 3.8) is 0 Å². The molecule has 0 fully saturated rings. The van der Waals surface area contributed by atoms with Gasteiger partial charge in [-0.15, -0.1) is 11.3 Å². The van der Waals surface area contributed by atoms with Crippen LogP contribution in [0.3, 0.4) is 0 Å². The van der Waals surface area contributed by atoms with E-state index in [2.05, 4.69) is 5.32 Å². The second-order valence-corrected chi connectivity index (χ2v) is 5.95. The van der Waals surface area contributed by atoms with E-state index >= 15 is 0 Å². The fourth-order valence-corrected chi connectivity index (χ4v) is 3.17. The summed E-state index contributed by atoms with van der Waals surface area (Å²) in [6.07, 6.45) is 1.18. The molecule has 23 heavy (non-hydrogen) atoms. The van der Waals surface area contributed by atoms with E-state index in [1.807, 2.05) is 0 Å². The Balaban J connectivity index is 1.84. The Morgan fingerprint density at radius 1 is 1.26 bits per heavy atom. The molecular formula is C15H12N2O5S. The molecule has 1 aliphatic heterocycles. The highest BCUT2D eigenvalue weighted by Crippen LogP contribution is 2.29. The lowest BCUT2D eigenvalue weighted by molar-refractivity contribution is -0.137. The van der Waals surface area contributed by atoms with Crippen LogP contribution in [0.5, 0.6) is 0 Å². The summed E-state index contributed by atoms with van der Waals surface area (Å²) in [4.78, 5) is 35.9. The molecule has 2 heterocycles. The molecule has 1 aromatic heterocycles. The van der Waals surface area contributed by atoms with E-state index in [9.17, 15) is 14.4 Å². The number of carbonyl (C=O) groups is 3. The average molecular weight is 332 g/mol. The van der Waals surface area contributed by atoms with Gasteiger partial charge in [0, 0.05) is 16.5 Å². The lowest BCUT2D eigenvalue weighted by Crippen LogP contribution is -2.34. The number of aromatic carboxylic acids is 1. The van der Waals surface area contributed by atoms with Gasteiger partial charge in [-0.25, -0.2) is 4.79 Å². The number of anilines is 1. The van der Waals surface area contributed by atoms with Gasteiger partial charge in [-0.3, -0.25) is 14.5 Å². The zero-order valence-electron chi connectivity index (χ0n) is 11.8. The van der Waals surface area contributed by atoms with Crippen molar-refractivity contribution >= 4 is 44.9 Å². The molecule has 3 N–H and O–H groups in total. The number of carboxylic acid groups (broad SMARTS) is 1. The topological polar surface area (TPSA) is 107 Å². The number of rotatable bonds is 5. The van der Waals surface area contributed by atoms with Crippen molar-refractivity contribution in [1.82, 2.24) is 4.90 Å². The Hall–Kier alpha value is -2.71. The van der Waals surface area contributed by atoms with Crippen LogP contribution in [0.1, 0.15) is 9.67 Å². The molecule has 3 rings (SSSR count). The third-order valence-electron chi connectivity index (χ3n) is 3.34. The zero-order chi connectivity index (χ0) is 16.6. The summed E-state index contributed by atoms with van der Waals surface area (Å²) in [5, 5.41) is 21.5. The number of hydrogen-bond donors (Lipinski definition) is 3. The van der Waals surface area contributed by atoms with Crippen molar-refractivity contribution < 1.29 is 24.6 Å². The minimum Gasteiger partial charge on any atom is -0.477 e. The molecule has 118 valence electrons. The third kappa shape index (κ3) is 2.81. The van der Waals surface area contributed by atoms with Crippen molar-refractivity contribution in [1.29, 1.82) is 0 Å². The molecule has 0 aliphatic carbocycles. The Kier molecular flexibility index (Phi) is 3.85. The summed E-state index contributed by atoms with van der Waals surface area (Å²) in [6.45, 7) is -0.345. The summed E-state index contributed by atoms with van der Waals surface area (Å²) >= 11 is 1.17. The van der Waals surface area contributed by atoms with E-state index in [1.54, 1.807) is 24.3 Å². The second kappa shape index (κ2) is 5.82. The molecule has 0 bridgehead atoms. The highest BCUT2D eigenvalue weighted by atomic mass is 32.1. The first-order chi connectivity index (χ1) is 11.0. The molecule has 2 amide bonds. The van der Waals surface area contributed by atoms with E-state index in [1.165, 1.54) is 17.4 Å². The van der Waals surface area contributed by atoms with E-state index in [0.29, 0.717) is 5.69 Å². The first kappa shape index (κ1) is 15.2. The quantitative estimate of drug-likeness (QED) is 0.712. The van der Waals surface area contributed by atoms with Crippen LogP contribution in [0.4, 0.5) is 5.69 Å². The molecule has 0 saturated carbocycles. The Labute approximate surface area is 134 Å². The number of aliphatic hydroxyl groups is 1. The van der Waals surface area contributed by atoms with Gasteiger partial charge in [0.25, 0.3) is 11.8 Å². The van der Waals surface area contributed by atoms with Crippen LogP contribution in [-0.4, -0.2) is 46.0 Å². The van der Waals surface area contributed by atoms with Crippen molar-refractivity contribution in [2.24, 2.45) is 0 Å². The van der Waals surface area contributed by atoms with Crippen LogP contribution in [0.25, 0.3) is 10.1 Å². The van der Waals surface area contributed by atoms with Crippen LogP contribution < -0.4 is 5.32 Å². The number of nitrogens with one attached hydrogen (secondary N) is 1. The number of imide groups is 1. The summed E-state index contributed by atoms with van der Waals surface area (Å²) in [5.74, 6) is -1.96. The number of aliphatic hydroxyl groups excluding tert-OH is 1. The smallest absolute Gasteiger partial charge is 0.345 e. The first-order valence-corrected chi connectivity index (χ1v) is 7.53. The molecule has 0 spiro atoms. The standard InChI is InChI=1S/C15H12N2O5S/c18-4-3-17-13(19)7-10(14(17)20)16-9-1-2-11-8(5-9)6-12(23-11)15(21)22/h1-2,5-7,16,18H,3-4H2,(H,21,22). The summed E-state index contributed by atoms with van der Waals surface area (Å²) in [5.41, 5.74) is 0.696. The van der Waals surface area contributed by atoms with Crippen molar-refractivity contribution in [2.45, 2.75) is 0 Å². The summed E-state index contributed by atoms with van der Waals surface area (Å²) in [6, 6.07) is 6.73. The molecule has 8 heteroatoms. The second-order valence-electron chi connectivity index (χ2n) is 4.87. The first-order valence-electron chi connectivity index (χ1n) is 6.72. The fraction of sp³-hybridized carbons (Fsp3) is 0.133. The average Bonchev–Trinajstić information content (AvgIpc) is 3.04. The van der Waals surface area contributed by atoms with Gasteiger partial charge in [-0.2, -0.15) is 0 Å². The molecular weight excluding hydrogens is 320 g/mol. The van der Waals surface area contributed by atoms with E-state index < -0.39 is 17.8 Å². The maximum absolute atomic E-state index is 12.1. The zero-order valence-corrected chi connectivity index (χ0v) is 12.6.